The molecule has 0 aliphatic carbocycles. The number of nitrogens with one attached hydrogen (secondary N) is 2. The Labute approximate surface area is 90.2 Å². The number of hydrogen-bond acceptors (Lipinski definition) is 2. The molecule has 1 atom stereocenters. The summed E-state index contributed by atoms with van der Waals surface area (Å²) in [6, 6.07) is -0.348. The van der Waals surface area contributed by atoms with Gasteiger partial charge in [0.1, 0.15) is 0 Å². The molecule has 0 saturated heterocycles. The number of nitrogens with zero attached hydrogens (tertiary/aromatic N) is 1. The molecule has 1 aromatic heterocycles. The fourth-order valence-electron chi connectivity index (χ4n) is 1.15. The van der Waals surface area contributed by atoms with Crippen LogP contribution in [0.5, 0.6) is 0 Å². The molecule has 1 heterocycles. The molecule has 1 rings (SSSR count). The molecule has 4 nitrogen and oxygen atoms in total. The topological polar surface area (TPSA) is 57.8 Å². The van der Waals surface area contributed by atoms with Crippen LogP contribution in [0.4, 0.5) is 13.2 Å². The quantitative estimate of drug-likeness (QED) is 0.837. The first kappa shape index (κ1) is 12.5. The van der Waals surface area contributed by atoms with E-state index in [1.165, 1.54) is 6.20 Å². The van der Waals surface area contributed by atoms with Crippen molar-refractivity contribution in [2.24, 2.45) is 0 Å². The third-order valence-corrected chi connectivity index (χ3v) is 2.03. The number of alkyl halides is 3. The first-order valence-corrected chi connectivity index (χ1v) is 4.73. The Hall–Kier alpha value is -1.53. The van der Waals surface area contributed by atoms with Crippen molar-refractivity contribution in [1.82, 2.24) is 15.5 Å². The van der Waals surface area contributed by atoms with Gasteiger partial charge < -0.3 is 5.32 Å². The molecule has 0 spiro atoms. The molecular weight excluding hydrogens is 223 g/mol. The van der Waals surface area contributed by atoms with Crippen LogP contribution in [0.1, 0.15) is 31.4 Å². The van der Waals surface area contributed by atoms with Crippen molar-refractivity contribution in [3.05, 3.63) is 18.0 Å². The lowest BCUT2D eigenvalue weighted by atomic mass is 10.2. The predicted molar refractivity (Wildman–Crippen MR) is 50.4 cm³/mol. The molecule has 1 aromatic rings. The molecule has 0 aliphatic rings. The summed E-state index contributed by atoms with van der Waals surface area (Å²) in [6.45, 7) is 1.68. The monoisotopic (exact) mass is 235 g/mol. The van der Waals surface area contributed by atoms with E-state index in [0.717, 1.165) is 5.56 Å². The largest absolute Gasteiger partial charge is 0.389 e. The molecule has 90 valence electrons. The summed E-state index contributed by atoms with van der Waals surface area (Å²) >= 11 is 0. The average molecular weight is 235 g/mol. The van der Waals surface area contributed by atoms with E-state index in [1.54, 1.807) is 13.1 Å². The Morgan fingerprint density at radius 2 is 2.31 bits per heavy atom. The highest BCUT2D eigenvalue weighted by Gasteiger charge is 2.28. The van der Waals surface area contributed by atoms with Gasteiger partial charge in [-0.15, -0.1) is 0 Å². The minimum atomic E-state index is -4.30. The number of amides is 1. The zero-order chi connectivity index (χ0) is 12.2. The number of hydrogen-bond donors (Lipinski definition) is 2. The molecule has 0 aromatic carbocycles. The van der Waals surface area contributed by atoms with Gasteiger partial charge in [0, 0.05) is 18.2 Å². The third-order valence-electron chi connectivity index (χ3n) is 2.03. The predicted octanol–water partition coefficient (Wildman–Crippen LogP) is 1.93. The summed E-state index contributed by atoms with van der Waals surface area (Å²) in [6.07, 6.45) is -2.86. The molecule has 0 bridgehead atoms. The van der Waals surface area contributed by atoms with Crippen molar-refractivity contribution in [2.75, 3.05) is 0 Å². The molecule has 0 fully saturated rings. The maximum Gasteiger partial charge on any atom is 0.389 e. The van der Waals surface area contributed by atoms with E-state index in [2.05, 4.69) is 15.5 Å². The molecule has 16 heavy (non-hydrogen) atoms. The summed E-state index contributed by atoms with van der Waals surface area (Å²) in [4.78, 5) is 11.2. The summed E-state index contributed by atoms with van der Waals surface area (Å²) < 4.78 is 35.5. The van der Waals surface area contributed by atoms with Crippen LogP contribution in [-0.2, 0) is 4.79 Å². The van der Waals surface area contributed by atoms with Gasteiger partial charge in [-0.2, -0.15) is 18.3 Å². The zero-order valence-corrected chi connectivity index (χ0v) is 8.64. The third kappa shape index (κ3) is 4.33. The van der Waals surface area contributed by atoms with Crippen LogP contribution in [0.3, 0.4) is 0 Å². The van der Waals surface area contributed by atoms with E-state index in [4.69, 9.17) is 0 Å². The lowest BCUT2D eigenvalue weighted by molar-refractivity contribution is -0.144. The van der Waals surface area contributed by atoms with Crippen molar-refractivity contribution in [3.8, 4) is 0 Å². The van der Waals surface area contributed by atoms with Crippen molar-refractivity contribution < 1.29 is 18.0 Å². The van der Waals surface area contributed by atoms with Gasteiger partial charge in [-0.05, 0) is 6.92 Å². The van der Waals surface area contributed by atoms with E-state index in [1.807, 2.05) is 0 Å². The van der Waals surface area contributed by atoms with Gasteiger partial charge in [0.25, 0.3) is 0 Å². The van der Waals surface area contributed by atoms with Gasteiger partial charge >= 0.3 is 6.18 Å². The number of carbonyl (C=O) groups excluding carboxylic acids is 1. The van der Waals surface area contributed by atoms with Crippen molar-refractivity contribution >= 4 is 5.91 Å². The van der Waals surface area contributed by atoms with E-state index in [-0.39, 0.29) is 6.04 Å². The lowest BCUT2D eigenvalue weighted by Gasteiger charge is -2.12. The molecule has 7 heteroatoms. The first-order chi connectivity index (χ1) is 7.38. The fraction of sp³-hybridized carbons (Fsp3) is 0.556. The smallest absolute Gasteiger partial charge is 0.349 e. The highest BCUT2D eigenvalue weighted by atomic mass is 19.4. The molecule has 1 unspecified atom stereocenters. The number of H-pyrrole nitrogens is 1. The van der Waals surface area contributed by atoms with Crippen molar-refractivity contribution in [3.63, 3.8) is 0 Å². The normalized spacial score (nSPS) is 13.5. The minimum absolute atomic E-state index is 0.348. The first-order valence-electron chi connectivity index (χ1n) is 4.73. The Kier molecular flexibility index (Phi) is 3.92. The Morgan fingerprint density at radius 1 is 1.62 bits per heavy atom. The van der Waals surface area contributed by atoms with Crippen molar-refractivity contribution in [2.45, 2.75) is 32.0 Å². The SMILES string of the molecule is CC(NC(=O)CCC(F)(F)F)c1cn[nH]c1. The van der Waals surface area contributed by atoms with Crippen LogP contribution in [0, 0.1) is 0 Å². The van der Waals surface area contributed by atoms with Gasteiger partial charge in [-0.3, -0.25) is 9.89 Å². The molecule has 0 radical (unpaired) electrons. The van der Waals surface area contributed by atoms with E-state index in [0.29, 0.717) is 0 Å². The van der Waals surface area contributed by atoms with Crippen LogP contribution in [-0.4, -0.2) is 22.3 Å². The summed E-state index contributed by atoms with van der Waals surface area (Å²) in [5, 5.41) is 8.69. The average Bonchev–Trinajstić information content (AvgIpc) is 2.66. The molecule has 0 saturated carbocycles. The van der Waals surface area contributed by atoms with Gasteiger partial charge in [-0.1, -0.05) is 0 Å². The maximum atomic E-state index is 11.8. The van der Waals surface area contributed by atoms with Gasteiger partial charge in [-0.25, -0.2) is 0 Å². The van der Waals surface area contributed by atoms with E-state index >= 15 is 0 Å². The zero-order valence-electron chi connectivity index (χ0n) is 8.64. The summed E-state index contributed by atoms with van der Waals surface area (Å²) in [5.74, 6) is -0.619. The molecule has 1 amide bonds. The van der Waals surface area contributed by atoms with Crippen LogP contribution in [0.25, 0.3) is 0 Å². The van der Waals surface area contributed by atoms with Gasteiger partial charge in [0.2, 0.25) is 5.91 Å². The number of aromatic amines is 1. The highest BCUT2D eigenvalue weighted by Crippen LogP contribution is 2.21. The minimum Gasteiger partial charge on any atom is -0.349 e. The van der Waals surface area contributed by atoms with E-state index in [9.17, 15) is 18.0 Å². The Bertz CT molecular complexity index is 334. The Balaban J connectivity index is 2.35. The number of halogens is 3. The van der Waals surface area contributed by atoms with Crippen LogP contribution >= 0.6 is 0 Å². The van der Waals surface area contributed by atoms with Crippen LogP contribution in [0.2, 0.25) is 0 Å². The lowest BCUT2D eigenvalue weighted by Crippen LogP contribution is -2.27. The fourth-order valence-corrected chi connectivity index (χ4v) is 1.15. The van der Waals surface area contributed by atoms with Gasteiger partial charge in [0.15, 0.2) is 0 Å². The second-order valence-corrected chi connectivity index (χ2v) is 3.44. The second-order valence-electron chi connectivity index (χ2n) is 3.44. The second kappa shape index (κ2) is 5.00. The van der Waals surface area contributed by atoms with Gasteiger partial charge in [0.05, 0.1) is 18.7 Å². The summed E-state index contributed by atoms with van der Waals surface area (Å²) in [5.41, 5.74) is 0.723. The maximum absolute atomic E-state index is 11.8. The van der Waals surface area contributed by atoms with Crippen LogP contribution < -0.4 is 5.32 Å². The molecular formula is C9H12F3N3O. The van der Waals surface area contributed by atoms with Crippen LogP contribution in [0.15, 0.2) is 12.4 Å². The number of rotatable bonds is 4. The summed E-state index contributed by atoms with van der Waals surface area (Å²) in [7, 11) is 0. The number of aromatic nitrogens is 2. The molecule has 2 N–H and O–H groups in total. The van der Waals surface area contributed by atoms with E-state index < -0.39 is 24.9 Å². The highest BCUT2D eigenvalue weighted by molar-refractivity contribution is 5.76. The standard InChI is InChI=1S/C9H12F3N3O/c1-6(7-4-13-14-5-7)15-8(16)2-3-9(10,11)12/h4-6H,2-3H2,1H3,(H,13,14)(H,15,16). The van der Waals surface area contributed by atoms with Crippen molar-refractivity contribution in [1.29, 1.82) is 0 Å². The number of carbonyl (C=O) groups is 1. The Morgan fingerprint density at radius 3 is 2.81 bits per heavy atom. The molecule has 0 aliphatic heterocycles.